The summed E-state index contributed by atoms with van der Waals surface area (Å²) in [5.74, 6) is -0.993. The molecule has 4 fully saturated rings. The summed E-state index contributed by atoms with van der Waals surface area (Å²) in [6.07, 6.45) is 9.37. The Morgan fingerprint density at radius 2 is 0.896 bits per heavy atom. The normalized spacial score (nSPS) is 25.7. The molecule has 0 bridgehead atoms. The lowest BCUT2D eigenvalue weighted by Gasteiger charge is -2.33. The average molecular weight is 669 g/mol. The fraction of sp³-hybridized carbons (Fsp3) is 0.650. The zero-order chi connectivity index (χ0) is 33.0. The number of aliphatic hydroxyl groups is 2. The molecule has 8 heteroatoms. The number of quaternary nitrogens is 2. The van der Waals surface area contributed by atoms with Gasteiger partial charge >= 0.3 is 11.9 Å². The van der Waals surface area contributed by atoms with Gasteiger partial charge in [0, 0.05) is 24.7 Å². The largest absolute Gasteiger partial charge is 0.454 e. The molecule has 2 aromatic rings. The molecule has 2 heterocycles. The Kier molecular flexibility index (Phi) is 13.5. The van der Waals surface area contributed by atoms with E-state index in [2.05, 4.69) is 28.2 Å². The van der Waals surface area contributed by atoms with Crippen LogP contribution in [-0.2, 0) is 30.3 Å². The Balaban J connectivity index is 0.000000250. The van der Waals surface area contributed by atoms with Gasteiger partial charge in [-0.15, -0.1) is 0 Å². The van der Waals surface area contributed by atoms with Gasteiger partial charge in [0.25, 0.3) is 0 Å². The van der Waals surface area contributed by atoms with Crippen molar-refractivity contribution >= 4 is 11.9 Å². The summed E-state index contributed by atoms with van der Waals surface area (Å²) >= 11 is 0. The van der Waals surface area contributed by atoms with Crippen molar-refractivity contribution in [2.75, 3.05) is 54.4 Å². The van der Waals surface area contributed by atoms with Gasteiger partial charge in [-0.3, -0.25) is 0 Å². The van der Waals surface area contributed by atoms with Gasteiger partial charge in [0.05, 0.1) is 41.3 Å². The zero-order valence-corrected chi connectivity index (χ0v) is 28.4. The topological polar surface area (TPSA) is 93.1 Å². The highest BCUT2D eigenvalue weighted by atomic mass is 16.6. The Hall–Kier alpha value is -2.78. The molecular formula is C40H64N2O6+2. The second-order valence-corrected chi connectivity index (χ2v) is 15.5. The minimum Gasteiger partial charge on any atom is -0.454 e. The SMILES string of the molecule is C.C.C[N+]1(C)CC[C@@H](OC(=O)[C@](O)(c2ccccc2)C2CCCC2)C1.C[N+]1(C)CC[C@H](OC(=O)[C@](O)(c2ccccc2)C2CCCC2)C1. The molecule has 0 amide bonds. The summed E-state index contributed by atoms with van der Waals surface area (Å²) in [5.41, 5.74) is -1.66. The zero-order valence-electron chi connectivity index (χ0n) is 28.4. The van der Waals surface area contributed by atoms with E-state index in [1.807, 2.05) is 60.7 Å². The molecule has 0 spiro atoms. The van der Waals surface area contributed by atoms with Crippen molar-refractivity contribution in [1.82, 2.24) is 0 Å². The Morgan fingerprint density at radius 1 is 0.583 bits per heavy atom. The third kappa shape index (κ3) is 8.87. The fourth-order valence-electron chi connectivity index (χ4n) is 8.24. The van der Waals surface area contributed by atoms with Gasteiger partial charge in [0.15, 0.2) is 23.4 Å². The number of hydrogen-bond acceptors (Lipinski definition) is 6. The number of benzene rings is 2. The molecule has 2 aromatic carbocycles. The van der Waals surface area contributed by atoms with Crippen LogP contribution in [0.4, 0.5) is 0 Å². The molecule has 0 radical (unpaired) electrons. The smallest absolute Gasteiger partial charge is 0.343 e. The lowest BCUT2D eigenvalue weighted by molar-refractivity contribution is -0.879. The van der Waals surface area contributed by atoms with Crippen molar-refractivity contribution < 1.29 is 38.2 Å². The van der Waals surface area contributed by atoms with Gasteiger partial charge in [0.2, 0.25) is 0 Å². The third-order valence-corrected chi connectivity index (χ3v) is 11.0. The predicted molar refractivity (Wildman–Crippen MR) is 191 cm³/mol. The van der Waals surface area contributed by atoms with Gasteiger partial charge in [-0.2, -0.15) is 0 Å². The van der Waals surface area contributed by atoms with Crippen LogP contribution in [0.25, 0.3) is 0 Å². The maximum atomic E-state index is 12.9. The summed E-state index contributed by atoms with van der Waals surface area (Å²) in [4.78, 5) is 25.9. The van der Waals surface area contributed by atoms with Crippen LogP contribution in [0.5, 0.6) is 0 Å². The van der Waals surface area contributed by atoms with Gasteiger partial charge in [-0.25, -0.2) is 9.59 Å². The monoisotopic (exact) mass is 668 g/mol. The molecule has 2 aliphatic carbocycles. The quantitative estimate of drug-likeness (QED) is 0.258. The number of rotatable bonds is 8. The lowest BCUT2D eigenvalue weighted by Crippen LogP contribution is -2.46. The highest BCUT2D eigenvalue weighted by molar-refractivity contribution is 5.82. The van der Waals surface area contributed by atoms with E-state index in [1.165, 1.54) is 0 Å². The van der Waals surface area contributed by atoms with Gasteiger partial charge in [0.1, 0.15) is 13.1 Å². The molecule has 0 aromatic heterocycles. The van der Waals surface area contributed by atoms with Crippen LogP contribution in [0.3, 0.4) is 0 Å². The maximum absolute atomic E-state index is 12.9. The summed E-state index contributed by atoms with van der Waals surface area (Å²) < 4.78 is 13.3. The first-order valence-corrected chi connectivity index (χ1v) is 17.5. The molecule has 2 aliphatic heterocycles. The molecule has 4 aliphatic rings. The van der Waals surface area contributed by atoms with Crippen molar-refractivity contribution in [3.05, 3.63) is 71.8 Å². The van der Waals surface area contributed by atoms with Crippen molar-refractivity contribution in [1.29, 1.82) is 0 Å². The highest BCUT2D eigenvalue weighted by Gasteiger charge is 2.50. The standard InChI is InChI=1S/2C19H28NO3.2CH4/c2*1-20(2)13-12-17(14-20)23-18(21)19(22,16-10-6-7-11-16)15-8-4-3-5-9-15;;/h2*3-5,8-9,16-17,22H,6-7,10-14H2,1-2H3;2*1H4/q2*+1;;/t17-,19+;17-,19-;;/m10../s1. The van der Waals surface area contributed by atoms with E-state index in [4.69, 9.17) is 9.47 Å². The molecule has 4 atom stereocenters. The average Bonchev–Trinajstić information content (AvgIpc) is 3.87. The van der Waals surface area contributed by atoms with E-state index in [1.54, 1.807) is 0 Å². The first kappa shape index (κ1) is 39.7. The molecule has 8 nitrogen and oxygen atoms in total. The Morgan fingerprint density at radius 3 is 1.17 bits per heavy atom. The molecule has 0 unspecified atom stereocenters. The van der Waals surface area contributed by atoms with Crippen LogP contribution in [0, 0.1) is 11.8 Å². The van der Waals surface area contributed by atoms with Crippen LogP contribution in [-0.4, -0.2) is 97.7 Å². The van der Waals surface area contributed by atoms with Crippen molar-refractivity contribution in [3.63, 3.8) is 0 Å². The molecule has 2 N–H and O–H groups in total. The molecule has 6 rings (SSSR count). The van der Waals surface area contributed by atoms with E-state index in [-0.39, 0.29) is 38.9 Å². The van der Waals surface area contributed by atoms with Crippen LogP contribution in [0.2, 0.25) is 0 Å². The molecule has 2 saturated carbocycles. The van der Waals surface area contributed by atoms with Crippen LogP contribution in [0.1, 0.15) is 90.2 Å². The molecule has 268 valence electrons. The lowest BCUT2D eigenvalue weighted by atomic mass is 9.80. The summed E-state index contributed by atoms with van der Waals surface area (Å²) in [7, 11) is 8.59. The summed E-state index contributed by atoms with van der Waals surface area (Å²) in [6.45, 7) is 3.65. The van der Waals surface area contributed by atoms with Gasteiger partial charge in [-0.05, 0) is 36.8 Å². The fourth-order valence-corrected chi connectivity index (χ4v) is 8.24. The van der Waals surface area contributed by atoms with E-state index in [0.717, 1.165) is 99.4 Å². The van der Waals surface area contributed by atoms with Gasteiger partial charge in [-0.1, -0.05) is 101 Å². The van der Waals surface area contributed by atoms with E-state index in [9.17, 15) is 19.8 Å². The highest BCUT2D eigenvalue weighted by Crippen LogP contribution is 2.43. The number of esters is 2. The Bertz CT molecular complexity index is 1200. The van der Waals surface area contributed by atoms with Crippen molar-refractivity contribution in [3.8, 4) is 0 Å². The van der Waals surface area contributed by atoms with Crippen LogP contribution < -0.4 is 0 Å². The van der Waals surface area contributed by atoms with Crippen LogP contribution >= 0.6 is 0 Å². The third-order valence-electron chi connectivity index (χ3n) is 11.0. The second-order valence-electron chi connectivity index (χ2n) is 15.5. The second kappa shape index (κ2) is 16.3. The number of carbonyl (C=O) groups excluding carboxylic acids is 2. The van der Waals surface area contributed by atoms with E-state index < -0.39 is 23.1 Å². The molecular weight excluding hydrogens is 604 g/mol. The Labute approximate surface area is 290 Å². The van der Waals surface area contributed by atoms with E-state index in [0.29, 0.717) is 11.1 Å². The number of likely N-dealkylation sites (tertiary alicyclic amines) is 2. The first-order chi connectivity index (χ1) is 21.8. The minimum atomic E-state index is -1.50. The van der Waals surface area contributed by atoms with Gasteiger partial charge < -0.3 is 28.7 Å². The molecule has 2 saturated heterocycles. The number of hydrogen-bond donors (Lipinski definition) is 2. The number of nitrogens with zero attached hydrogens (tertiary/aromatic N) is 2. The van der Waals surface area contributed by atoms with Crippen molar-refractivity contribution in [2.45, 2.75) is 102 Å². The van der Waals surface area contributed by atoms with Crippen LogP contribution in [0.15, 0.2) is 60.7 Å². The minimum absolute atomic E-state index is 0. The number of ether oxygens (including phenoxy) is 2. The number of likely N-dealkylation sites (N-methyl/N-ethyl adjacent to an activating group) is 2. The summed E-state index contributed by atoms with van der Waals surface area (Å²) in [6, 6.07) is 18.7. The summed E-state index contributed by atoms with van der Waals surface area (Å²) in [5, 5.41) is 22.7. The van der Waals surface area contributed by atoms with Crippen molar-refractivity contribution in [2.24, 2.45) is 11.8 Å². The predicted octanol–water partition coefficient (Wildman–Crippen LogP) is 6.18. The molecule has 48 heavy (non-hydrogen) atoms. The van der Waals surface area contributed by atoms with E-state index >= 15 is 0 Å². The first-order valence-electron chi connectivity index (χ1n) is 17.5. The number of carbonyl (C=O) groups is 2. The maximum Gasteiger partial charge on any atom is 0.343 e.